The van der Waals surface area contributed by atoms with Crippen LogP contribution >= 0.6 is 0 Å². The molecule has 2 aliphatic rings. The second-order valence-electron chi connectivity index (χ2n) is 6.43. The van der Waals surface area contributed by atoms with E-state index in [1.807, 2.05) is 44.9 Å². The predicted molar refractivity (Wildman–Crippen MR) is 97.7 cm³/mol. The fourth-order valence-electron chi connectivity index (χ4n) is 2.83. The van der Waals surface area contributed by atoms with Gasteiger partial charge in [-0.1, -0.05) is 0 Å². The molecule has 3 rings (SSSR count). The number of rotatable bonds is 2. The molecular weight excluding hydrogens is 319 g/mol. The fraction of sp³-hybridized carbons (Fsp3) is 0.200. The summed E-state index contributed by atoms with van der Waals surface area (Å²) in [6.07, 6.45) is 7.29. The summed E-state index contributed by atoms with van der Waals surface area (Å²) in [7, 11) is 7.46. The van der Waals surface area contributed by atoms with Crippen LogP contribution in [0.25, 0.3) is 5.57 Å². The first-order valence-corrected chi connectivity index (χ1v) is 7.91. The van der Waals surface area contributed by atoms with Gasteiger partial charge in [-0.2, -0.15) is 0 Å². The molecule has 128 valence electrons. The van der Waals surface area contributed by atoms with Crippen molar-refractivity contribution in [2.24, 2.45) is 0 Å². The minimum absolute atomic E-state index is 0.0366. The second-order valence-corrected chi connectivity index (χ2v) is 6.43. The summed E-state index contributed by atoms with van der Waals surface area (Å²) >= 11 is 0. The van der Waals surface area contributed by atoms with E-state index in [0.717, 1.165) is 5.71 Å². The summed E-state index contributed by atoms with van der Waals surface area (Å²) < 4.78 is 16.3. The Balaban J connectivity index is 2.01. The van der Waals surface area contributed by atoms with Crippen LogP contribution in [0.1, 0.15) is 5.56 Å². The Labute approximate surface area is 146 Å². The summed E-state index contributed by atoms with van der Waals surface area (Å²) in [5.74, 6) is -1.02. The molecule has 0 heterocycles. The molecule has 0 spiro atoms. The number of hydrogen-bond donors (Lipinski definition) is 1. The predicted octanol–water partition coefficient (Wildman–Crippen LogP) is 2.88. The number of nitrogens with zero attached hydrogens (tertiary/aromatic N) is 2. The maximum absolute atomic E-state index is 14.4. The highest BCUT2D eigenvalue weighted by atomic mass is 19.1. The number of carbonyl (C=O) groups excluding carboxylic acids is 1. The molecule has 0 aromatic heterocycles. The van der Waals surface area contributed by atoms with Crippen molar-refractivity contribution >= 4 is 22.8 Å². The molecular formula is C20H20FN2O2+. The third-order valence-electron chi connectivity index (χ3n) is 4.34. The van der Waals surface area contributed by atoms with Crippen molar-refractivity contribution < 1.29 is 18.9 Å². The third-order valence-corrected chi connectivity index (χ3v) is 4.34. The van der Waals surface area contributed by atoms with E-state index in [1.54, 1.807) is 23.1 Å². The van der Waals surface area contributed by atoms with Crippen LogP contribution in [0.2, 0.25) is 0 Å². The lowest BCUT2D eigenvalue weighted by Crippen LogP contribution is -2.24. The number of aliphatic hydroxyl groups is 1. The van der Waals surface area contributed by atoms with Gasteiger partial charge in [-0.15, -0.1) is 0 Å². The number of carbonyl (C=O) groups is 1. The molecule has 1 N–H and O–H groups in total. The molecule has 0 radical (unpaired) electrons. The van der Waals surface area contributed by atoms with Crippen LogP contribution in [-0.4, -0.2) is 49.4 Å². The van der Waals surface area contributed by atoms with Crippen LogP contribution in [0.3, 0.4) is 0 Å². The Kier molecular flexibility index (Phi) is 4.17. The fourth-order valence-corrected chi connectivity index (χ4v) is 2.83. The number of aliphatic hydroxyl groups excluding tert-OH is 1. The molecule has 0 saturated carbocycles. The standard InChI is InChI=1S/C20H19FN2O2/c1-22(2)13-7-5-12(6-8-13)17-19(24)18(20(17)25)15-10-9-14(23(3)4)11-16(15)21/h5-11H,1-4H3/p+1. The average molecular weight is 339 g/mol. The number of anilines is 1. The number of Topliss-reactive ketones (excluding diaryl/α,β-unsaturated/α-hetero) is 1. The maximum Gasteiger partial charge on any atom is 0.201 e. The van der Waals surface area contributed by atoms with E-state index in [-0.39, 0.29) is 28.3 Å². The van der Waals surface area contributed by atoms with Gasteiger partial charge in [-0.05, 0) is 35.9 Å². The Morgan fingerprint density at radius 2 is 1.68 bits per heavy atom. The molecule has 0 fully saturated rings. The van der Waals surface area contributed by atoms with Gasteiger partial charge in [0.1, 0.15) is 25.7 Å². The molecule has 4 nitrogen and oxygen atoms in total. The van der Waals surface area contributed by atoms with Gasteiger partial charge in [0.25, 0.3) is 0 Å². The Morgan fingerprint density at radius 1 is 1.04 bits per heavy atom. The van der Waals surface area contributed by atoms with Crippen molar-refractivity contribution in [1.29, 1.82) is 0 Å². The number of hydrogen-bond acceptors (Lipinski definition) is 3. The molecule has 0 aliphatic heterocycles. The van der Waals surface area contributed by atoms with Crippen molar-refractivity contribution in [3.63, 3.8) is 0 Å². The van der Waals surface area contributed by atoms with Gasteiger partial charge < -0.3 is 10.0 Å². The van der Waals surface area contributed by atoms with Gasteiger partial charge >= 0.3 is 0 Å². The average Bonchev–Trinajstić information content (AvgIpc) is 2.57. The first-order valence-electron chi connectivity index (χ1n) is 7.91. The SMILES string of the molecule is CN(C)c1ccc(C2=C(O)C(=C3C=CC(=[N+](C)C)C=C3)C2=O)c(F)c1. The van der Waals surface area contributed by atoms with Crippen LogP contribution in [0.5, 0.6) is 0 Å². The lowest BCUT2D eigenvalue weighted by molar-refractivity contribution is -0.462. The van der Waals surface area contributed by atoms with Crippen molar-refractivity contribution in [3.05, 3.63) is 70.8 Å². The highest BCUT2D eigenvalue weighted by Crippen LogP contribution is 2.40. The Hall–Kier alpha value is -2.95. The van der Waals surface area contributed by atoms with E-state index in [4.69, 9.17) is 0 Å². The molecule has 1 aromatic carbocycles. The van der Waals surface area contributed by atoms with Gasteiger partial charge in [0.15, 0.2) is 5.71 Å². The highest BCUT2D eigenvalue weighted by Gasteiger charge is 2.37. The quantitative estimate of drug-likeness (QED) is 0.666. The highest BCUT2D eigenvalue weighted by molar-refractivity contribution is 6.39. The van der Waals surface area contributed by atoms with E-state index in [2.05, 4.69) is 0 Å². The number of halogens is 1. The summed E-state index contributed by atoms with van der Waals surface area (Å²) in [5.41, 5.74) is 2.71. The molecule has 0 saturated heterocycles. The van der Waals surface area contributed by atoms with Crippen LogP contribution < -0.4 is 4.90 Å². The molecule has 0 atom stereocenters. The van der Waals surface area contributed by atoms with Gasteiger partial charge in [0, 0.05) is 37.5 Å². The Bertz CT molecular complexity index is 909. The smallest absolute Gasteiger partial charge is 0.201 e. The zero-order valence-corrected chi connectivity index (χ0v) is 14.7. The summed E-state index contributed by atoms with van der Waals surface area (Å²) in [6.45, 7) is 0. The van der Waals surface area contributed by atoms with E-state index in [9.17, 15) is 14.3 Å². The van der Waals surface area contributed by atoms with Crippen molar-refractivity contribution in [1.82, 2.24) is 0 Å². The summed E-state index contributed by atoms with van der Waals surface area (Å²) in [5, 5.41) is 10.4. The first kappa shape index (κ1) is 16.9. The topological polar surface area (TPSA) is 43.5 Å². The molecule has 5 heteroatoms. The van der Waals surface area contributed by atoms with Crippen molar-refractivity contribution in [3.8, 4) is 0 Å². The first-order chi connectivity index (χ1) is 11.8. The van der Waals surface area contributed by atoms with Crippen LogP contribution in [0.4, 0.5) is 10.1 Å². The van der Waals surface area contributed by atoms with Crippen LogP contribution in [-0.2, 0) is 4.79 Å². The summed E-state index contributed by atoms with van der Waals surface area (Å²) in [6, 6.07) is 4.60. The van der Waals surface area contributed by atoms with Crippen LogP contribution in [0, 0.1) is 5.82 Å². The Morgan fingerprint density at radius 3 is 2.16 bits per heavy atom. The number of ketones is 1. The van der Waals surface area contributed by atoms with Crippen molar-refractivity contribution in [2.75, 3.05) is 33.1 Å². The van der Waals surface area contributed by atoms with Crippen LogP contribution in [0.15, 0.2) is 59.4 Å². The lowest BCUT2D eigenvalue weighted by atomic mass is 9.80. The minimum atomic E-state index is -0.525. The molecule has 2 aliphatic carbocycles. The second kappa shape index (κ2) is 6.16. The lowest BCUT2D eigenvalue weighted by Gasteiger charge is -2.24. The monoisotopic (exact) mass is 339 g/mol. The molecule has 0 amide bonds. The third kappa shape index (κ3) is 2.82. The van der Waals surface area contributed by atoms with Gasteiger partial charge in [0.05, 0.1) is 11.1 Å². The van der Waals surface area contributed by atoms with E-state index in [1.165, 1.54) is 12.1 Å². The van der Waals surface area contributed by atoms with Crippen molar-refractivity contribution in [2.45, 2.75) is 0 Å². The number of benzene rings is 1. The van der Waals surface area contributed by atoms with Gasteiger partial charge in [0.2, 0.25) is 5.78 Å². The number of allylic oxidation sites excluding steroid dienone is 7. The van der Waals surface area contributed by atoms with E-state index in [0.29, 0.717) is 11.3 Å². The molecule has 0 bridgehead atoms. The van der Waals surface area contributed by atoms with Gasteiger partial charge in [-0.3, -0.25) is 4.79 Å². The zero-order chi connectivity index (χ0) is 18.3. The van der Waals surface area contributed by atoms with E-state index >= 15 is 0 Å². The molecule has 1 aromatic rings. The maximum atomic E-state index is 14.4. The zero-order valence-electron chi connectivity index (χ0n) is 14.7. The molecule has 0 unspecified atom stereocenters. The van der Waals surface area contributed by atoms with E-state index < -0.39 is 5.82 Å². The molecule has 25 heavy (non-hydrogen) atoms. The van der Waals surface area contributed by atoms with Gasteiger partial charge in [-0.25, -0.2) is 8.97 Å². The normalized spacial score (nSPS) is 16.5. The minimum Gasteiger partial charge on any atom is -0.506 e. The summed E-state index contributed by atoms with van der Waals surface area (Å²) in [4.78, 5) is 14.3. The largest absolute Gasteiger partial charge is 0.506 e.